The minimum Gasteiger partial charge on any atom is -0.373 e. The molecule has 0 bridgehead atoms. The Balaban J connectivity index is 0.000000185. The summed E-state index contributed by atoms with van der Waals surface area (Å²) in [6, 6.07) is 0. The van der Waals surface area contributed by atoms with Crippen LogP contribution in [0.2, 0.25) is 0 Å². The van der Waals surface area contributed by atoms with Crippen LogP contribution in [0.5, 0.6) is 0 Å². The molecule has 4 atom stereocenters. The van der Waals surface area contributed by atoms with E-state index in [0.29, 0.717) is 46.6 Å². The van der Waals surface area contributed by atoms with Crippen molar-refractivity contribution in [3.63, 3.8) is 0 Å². The Labute approximate surface area is 150 Å². The summed E-state index contributed by atoms with van der Waals surface area (Å²) in [6.07, 6.45) is 2.13. The maximum absolute atomic E-state index is 5.54. The van der Waals surface area contributed by atoms with E-state index >= 15 is 0 Å². The number of epoxide rings is 3. The fourth-order valence-electron chi connectivity index (χ4n) is 2.42. The molecule has 24 heavy (non-hydrogen) atoms. The number of ether oxygens (including phenoxy) is 3. The van der Waals surface area contributed by atoms with Crippen molar-refractivity contribution in [3.05, 3.63) is 0 Å². The third-order valence-electron chi connectivity index (χ3n) is 4.63. The van der Waals surface area contributed by atoms with Gasteiger partial charge in [0.25, 0.3) is 0 Å². The lowest BCUT2D eigenvalue weighted by molar-refractivity contribution is 0.256. The SMILES string of the molecule is CC(C)(C)C1CO1.CC(C)(C)C1CO1.CC(C)C1OC1C(C)(C)C. The first-order valence-electron chi connectivity index (χ1n) is 9.52. The van der Waals surface area contributed by atoms with Crippen molar-refractivity contribution in [2.24, 2.45) is 22.2 Å². The van der Waals surface area contributed by atoms with Gasteiger partial charge in [-0.3, -0.25) is 0 Å². The molecule has 4 unspecified atom stereocenters. The molecule has 3 aliphatic heterocycles. The fourth-order valence-corrected chi connectivity index (χ4v) is 2.42. The lowest BCUT2D eigenvalue weighted by Crippen LogP contribution is -2.18. The first-order chi connectivity index (χ1) is 10.6. The monoisotopic (exact) mass is 342 g/mol. The largest absolute Gasteiger partial charge is 0.373 e. The molecule has 144 valence electrons. The first kappa shape index (κ1) is 21.9. The highest BCUT2D eigenvalue weighted by Crippen LogP contribution is 2.41. The lowest BCUT2D eigenvalue weighted by Gasteiger charge is -2.14. The van der Waals surface area contributed by atoms with Gasteiger partial charge in [-0.15, -0.1) is 0 Å². The van der Waals surface area contributed by atoms with Crippen LogP contribution in [0.4, 0.5) is 0 Å². The molecule has 3 heteroatoms. The summed E-state index contributed by atoms with van der Waals surface area (Å²) < 4.78 is 15.7. The summed E-state index contributed by atoms with van der Waals surface area (Å²) in [5, 5.41) is 0. The van der Waals surface area contributed by atoms with Crippen LogP contribution in [0.3, 0.4) is 0 Å². The van der Waals surface area contributed by atoms with Crippen LogP contribution in [0.1, 0.15) is 76.2 Å². The Morgan fingerprint density at radius 1 is 0.667 bits per heavy atom. The van der Waals surface area contributed by atoms with Crippen molar-refractivity contribution < 1.29 is 14.2 Å². The summed E-state index contributed by atoms with van der Waals surface area (Å²) in [5.41, 5.74) is 1.12. The highest BCUT2D eigenvalue weighted by Gasteiger charge is 2.48. The maximum atomic E-state index is 5.54. The van der Waals surface area contributed by atoms with Crippen LogP contribution in [0, 0.1) is 22.2 Å². The van der Waals surface area contributed by atoms with Crippen molar-refractivity contribution in [2.45, 2.75) is 101 Å². The molecule has 0 aromatic carbocycles. The van der Waals surface area contributed by atoms with Gasteiger partial charge in [0.2, 0.25) is 0 Å². The first-order valence-corrected chi connectivity index (χ1v) is 9.52. The molecule has 3 rings (SSSR count). The Morgan fingerprint density at radius 2 is 1.00 bits per heavy atom. The molecule has 3 aliphatic rings. The Kier molecular flexibility index (Phi) is 6.97. The topological polar surface area (TPSA) is 37.6 Å². The molecular formula is C21H42O3. The molecule has 0 amide bonds. The minimum absolute atomic E-state index is 0.342. The van der Waals surface area contributed by atoms with E-state index in [2.05, 4.69) is 76.2 Å². The Bertz CT molecular complexity index is 351. The molecule has 3 fully saturated rings. The third kappa shape index (κ3) is 8.31. The van der Waals surface area contributed by atoms with Crippen LogP contribution in [-0.2, 0) is 14.2 Å². The number of hydrogen-bond donors (Lipinski definition) is 0. The Hall–Kier alpha value is -0.120. The molecule has 0 aromatic heterocycles. The highest BCUT2D eigenvalue weighted by molar-refractivity contribution is 4.95. The van der Waals surface area contributed by atoms with Crippen molar-refractivity contribution in [1.29, 1.82) is 0 Å². The quantitative estimate of drug-likeness (QED) is 0.605. The van der Waals surface area contributed by atoms with Crippen molar-refractivity contribution in [3.8, 4) is 0 Å². The zero-order valence-corrected chi connectivity index (χ0v) is 18.0. The van der Waals surface area contributed by atoms with Gasteiger partial charge in [-0.1, -0.05) is 76.2 Å². The molecule has 0 saturated carbocycles. The van der Waals surface area contributed by atoms with Gasteiger partial charge in [0.15, 0.2) is 0 Å². The normalized spacial score (nSPS) is 31.5. The molecule has 0 N–H and O–H groups in total. The number of rotatable bonds is 1. The van der Waals surface area contributed by atoms with Crippen molar-refractivity contribution >= 4 is 0 Å². The average molecular weight is 343 g/mol. The smallest absolute Gasteiger partial charge is 0.0892 e. The molecule has 0 aliphatic carbocycles. The summed E-state index contributed by atoms with van der Waals surface area (Å²) >= 11 is 0. The van der Waals surface area contributed by atoms with Crippen LogP contribution >= 0.6 is 0 Å². The second kappa shape index (κ2) is 7.63. The van der Waals surface area contributed by atoms with Gasteiger partial charge < -0.3 is 14.2 Å². The zero-order chi connectivity index (χ0) is 18.9. The van der Waals surface area contributed by atoms with Crippen LogP contribution < -0.4 is 0 Å². The minimum atomic E-state index is 0.342. The lowest BCUT2D eigenvalue weighted by atomic mass is 9.87. The van der Waals surface area contributed by atoms with Gasteiger partial charge in [0.05, 0.1) is 37.6 Å². The summed E-state index contributed by atoms with van der Waals surface area (Å²) in [7, 11) is 0. The standard InChI is InChI=1S/C9H18O.2C6H12O/c1-6(2)7-8(10-7)9(3,4)5;2*1-6(2,3)5-4-7-5/h6-8H,1-5H3;2*5H,4H2,1-3H3. The van der Waals surface area contributed by atoms with E-state index in [-0.39, 0.29) is 0 Å². The Morgan fingerprint density at radius 3 is 1.04 bits per heavy atom. The third-order valence-corrected chi connectivity index (χ3v) is 4.63. The molecule has 0 radical (unpaired) electrons. The van der Waals surface area contributed by atoms with Gasteiger partial charge >= 0.3 is 0 Å². The van der Waals surface area contributed by atoms with E-state index in [9.17, 15) is 0 Å². The molecule has 0 aromatic rings. The molecule has 3 heterocycles. The fraction of sp³-hybridized carbons (Fsp3) is 1.00. The van der Waals surface area contributed by atoms with Crippen LogP contribution in [-0.4, -0.2) is 37.6 Å². The average Bonchev–Trinajstić information content (AvgIpc) is 3.29. The van der Waals surface area contributed by atoms with Crippen molar-refractivity contribution in [1.82, 2.24) is 0 Å². The van der Waals surface area contributed by atoms with Gasteiger partial charge in [0.1, 0.15) is 0 Å². The predicted molar refractivity (Wildman–Crippen MR) is 101 cm³/mol. The summed E-state index contributed by atoms with van der Waals surface area (Å²) in [5.74, 6) is 0.684. The van der Waals surface area contributed by atoms with Crippen molar-refractivity contribution in [2.75, 3.05) is 13.2 Å². The number of hydrogen-bond acceptors (Lipinski definition) is 3. The van der Waals surface area contributed by atoms with E-state index in [1.807, 2.05) is 0 Å². The van der Waals surface area contributed by atoms with Crippen LogP contribution in [0.15, 0.2) is 0 Å². The molecule has 3 nitrogen and oxygen atoms in total. The maximum Gasteiger partial charge on any atom is 0.0892 e. The van der Waals surface area contributed by atoms with E-state index < -0.39 is 0 Å². The molecule has 0 spiro atoms. The van der Waals surface area contributed by atoms with E-state index in [1.54, 1.807) is 0 Å². The second-order valence-corrected chi connectivity index (χ2v) is 11.0. The molecule has 3 saturated heterocycles. The van der Waals surface area contributed by atoms with E-state index in [1.165, 1.54) is 0 Å². The second-order valence-electron chi connectivity index (χ2n) is 11.0. The van der Waals surface area contributed by atoms with E-state index in [0.717, 1.165) is 13.2 Å². The van der Waals surface area contributed by atoms with Gasteiger partial charge in [-0.25, -0.2) is 0 Å². The van der Waals surface area contributed by atoms with E-state index in [4.69, 9.17) is 14.2 Å². The van der Waals surface area contributed by atoms with Crippen LogP contribution in [0.25, 0.3) is 0 Å². The highest BCUT2D eigenvalue weighted by atomic mass is 16.6. The van der Waals surface area contributed by atoms with Gasteiger partial charge in [-0.05, 0) is 22.2 Å². The summed E-state index contributed by atoms with van der Waals surface area (Å²) in [6.45, 7) is 26.3. The summed E-state index contributed by atoms with van der Waals surface area (Å²) in [4.78, 5) is 0. The van der Waals surface area contributed by atoms with Gasteiger partial charge in [0, 0.05) is 0 Å². The zero-order valence-electron chi connectivity index (χ0n) is 18.0. The predicted octanol–water partition coefficient (Wildman–Crippen LogP) is 5.32. The van der Waals surface area contributed by atoms with Gasteiger partial charge in [-0.2, -0.15) is 0 Å². The molecular weight excluding hydrogens is 300 g/mol.